The molecule has 1 fully saturated rings. The molecule has 0 bridgehead atoms. The minimum Gasteiger partial charge on any atom is -0.345 e. The van der Waals surface area contributed by atoms with E-state index in [0.29, 0.717) is 12.3 Å². The van der Waals surface area contributed by atoms with E-state index in [1.54, 1.807) is 0 Å². The second-order valence-electron chi connectivity index (χ2n) is 6.20. The van der Waals surface area contributed by atoms with Crippen LogP contribution in [0.2, 0.25) is 0 Å². The molecule has 5 heteroatoms. The van der Waals surface area contributed by atoms with Gasteiger partial charge in [0.15, 0.2) is 0 Å². The van der Waals surface area contributed by atoms with Gasteiger partial charge in [0, 0.05) is 44.5 Å². The number of hydrogen-bond donors (Lipinski definition) is 0. The SMILES string of the molecule is CN(C)Cc1csc(CN(C)C[C@@H]2CC(=O)N(C)C2)c1. The molecule has 0 radical (unpaired) electrons. The van der Waals surface area contributed by atoms with Gasteiger partial charge >= 0.3 is 0 Å². The molecule has 20 heavy (non-hydrogen) atoms. The minimum absolute atomic E-state index is 0.285. The third kappa shape index (κ3) is 4.30. The minimum atomic E-state index is 0.285. The zero-order chi connectivity index (χ0) is 14.7. The van der Waals surface area contributed by atoms with Gasteiger partial charge in [-0.3, -0.25) is 4.79 Å². The van der Waals surface area contributed by atoms with E-state index >= 15 is 0 Å². The predicted molar refractivity (Wildman–Crippen MR) is 83.8 cm³/mol. The molecule has 1 aliphatic heterocycles. The van der Waals surface area contributed by atoms with Gasteiger partial charge in [-0.15, -0.1) is 11.3 Å². The number of likely N-dealkylation sites (tertiary alicyclic amines) is 1. The first-order valence-corrected chi connectivity index (χ1v) is 7.95. The van der Waals surface area contributed by atoms with Gasteiger partial charge in [-0.05, 0) is 44.1 Å². The van der Waals surface area contributed by atoms with Gasteiger partial charge in [0.05, 0.1) is 0 Å². The fourth-order valence-electron chi connectivity index (χ4n) is 2.81. The van der Waals surface area contributed by atoms with Gasteiger partial charge < -0.3 is 14.7 Å². The standard InChI is InChI=1S/C15H25N3OS/c1-16(2)7-13-5-14(20-11-13)10-17(3)8-12-6-15(19)18(4)9-12/h5,11-12H,6-10H2,1-4H3/t12-/m0/s1. The molecule has 0 aliphatic carbocycles. The number of rotatable bonds is 6. The maximum absolute atomic E-state index is 11.5. The van der Waals surface area contributed by atoms with E-state index in [1.165, 1.54) is 10.4 Å². The number of amides is 1. The van der Waals surface area contributed by atoms with Crippen LogP contribution in [0.25, 0.3) is 0 Å². The smallest absolute Gasteiger partial charge is 0.222 e. The largest absolute Gasteiger partial charge is 0.345 e. The summed E-state index contributed by atoms with van der Waals surface area (Å²) >= 11 is 1.83. The van der Waals surface area contributed by atoms with Crippen LogP contribution in [-0.4, -0.2) is 61.9 Å². The van der Waals surface area contributed by atoms with Crippen molar-refractivity contribution in [1.82, 2.24) is 14.7 Å². The maximum Gasteiger partial charge on any atom is 0.222 e. The lowest BCUT2D eigenvalue weighted by Crippen LogP contribution is -2.26. The van der Waals surface area contributed by atoms with Crippen LogP contribution in [0.5, 0.6) is 0 Å². The summed E-state index contributed by atoms with van der Waals surface area (Å²) in [5, 5.41) is 2.25. The Bertz CT molecular complexity index is 458. The highest BCUT2D eigenvalue weighted by atomic mass is 32.1. The van der Waals surface area contributed by atoms with Crippen molar-refractivity contribution < 1.29 is 4.79 Å². The molecule has 0 N–H and O–H groups in total. The first-order valence-electron chi connectivity index (χ1n) is 7.07. The van der Waals surface area contributed by atoms with E-state index in [9.17, 15) is 4.79 Å². The van der Waals surface area contributed by atoms with E-state index < -0.39 is 0 Å². The Labute approximate surface area is 126 Å². The molecule has 1 aromatic rings. The van der Waals surface area contributed by atoms with Crippen molar-refractivity contribution in [2.45, 2.75) is 19.5 Å². The fraction of sp³-hybridized carbons (Fsp3) is 0.667. The van der Waals surface area contributed by atoms with Gasteiger partial charge in [0.1, 0.15) is 0 Å². The number of hydrogen-bond acceptors (Lipinski definition) is 4. The zero-order valence-electron chi connectivity index (χ0n) is 12.9. The van der Waals surface area contributed by atoms with E-state index in [0.717, 1.165) is 26.2 Å². The molecule has 0 unspecified atom stereocenters. The molecule has 1 amide bonds. The second kappa shape index (κ2) is 6.70. The van der Waals surface area contributed by atoms with Crippen LogP contribution in [0.15, 0.2) is 11.4 Å². The molecule has 0 saturated carbocycles. The average molecular weight is 295 g/mol. The summed E-state index contributed by atoms with van der Waals surface area (Å²) in [4.78, 5) is 19.3. The van der Waals surface area contributed by atoms with Gasteiger partial charge in [0.2, 0.25) is 5.91 Å². The monoisotopic (exact) mass is 295 g/mol. The summed E-state index contributed by atoms with van der Waals surface area (Å²) in [6.45, 7) is 3.88. The predicted octanol–water partition coefficient (Wildman–Crippen LogP) is 1.72. The van der Waals surface area contributed by atoms with Crippen molar-refractivity contribution in [1.29, 1.82) is 0 Å². The van der Waals surface area contributed by atoms with Crippen molar-refractivity contribution in [3.63, 3.8) is 0 Å². The number of nitrogens with zero attached hydrogens (tertiary/aromatic N) is 3. The first kappa shape index (κ1) is 15.5. The molecule has 1 aliphatic rings. The highest BCUT2D eigenvalue weighted by Crippen LogP contribution is 2.20. The molecule has 1 saturated heterocycles. The van der Waals surface area contributed by atoms with Crippen LogP contribution < -0.4 is 0 Å². The van der Waals surface area contributed by atoms with Crippen molar-refractivity contribution in [2.24, 2.45) is 5.92 Å². The zero-order valence-corrected chi connectivity index (χ0v) is 13.7. The summed E-state index contributed by atoms with van der Waals surface area (Å²) in [5.74, 6) is 0.770. The molecular weight excluding hydrogens is 270 g/mol. The first-order chi connectivity index (χ1) is 9.44. The van der Waals surface area contributed by atoms with Crippen LogP contribution in [0.3, 0.4) is 0 Å². The Hall–Kier alpha value is -0.910. The molecule has 0 aromatic carbocycles. The molecule has 1 atom stereocenters. The lowest BCUT2D eigenvalue weighted by molar-refractivity contribution is -0.126. The Morgan fingerprint density at radius 3 is 2.70 bits per heavy atom. The lowest BCUT2D eigenvalue weighted by Gasteiger charge is -2.19. The van der Waals surface area contributed by atoms with Crippen LogP contribution in [0.1, 0.15) is 16.9 Å². The molecule has 0 spiro atoms. The summed E-state index contributed by atoms with van der Waals surface area (Å²) in [6, 6.07) is 2.30. The number of carbonyl (C=O) groups excluding carboxylic acids is 1. The van der Waals surface area contributed by atoms with Crippen molar-refractivity contribution in [3.05, 3.63) is 21.9 Å². The summed E-state index contributed by atoms with van der Waals surface area (Å²) in [6.07, 6.45) is 0.706. The van der Waals surface area contributed by atoms with Crippen LogP contribution in [0.4, 0.5) is 0 Å². The number of carbonyl (C=O) groups is 1. The lowest BCUT2D eigenvalue weighted by atomic mass is 10.1. The Morgan fingerprint density at radius 1 is 1.35 bits per heavy atom. The van der Waals surface area contributed by atoms with Crippen LogP contribution >= 0.6 is 11.3 Å². The fourth-order valence-corrected chi connectivity index (χ4v) is 3.77. The maximum atomic E-state index is 11.5. The highest BCUT2D eigenvalue weighted by Gasteiger charge is 2.27. The topological polar surface area (TPSA) is 26.8 Å². The average Bonchev–Trinajstić information content (AvgIpc) is 2.86. The van der Waals surface area contributed by atoms with Crippen LogP contribution in [-0.2, 0) is 17.9 Å². The molecule has 4 nitrogen and oxygen atoms in total. The molecule has 2 heterocycles. The Kier molecular flexibility index (Phi) is 5.18. The van der Waals surface area contributed by atoms with Gasteiger partial charge in [-0.2, -0.15) is 0 Å². The third-order valence-corrected chi connectivity index (χ3v) is 4.59. The highest BCUT2D eigenvalue weighted by molar-refractivity contribution is 7.10. The van der Waals surface area contributed by atoms with Crippen LogP contribution in [0, 0.1) is 5.92 Å². The van der Waals surface area contributed by atoms with Gasteiger partial charge in [-0.1, -0.05) is 0 Å². The van der Waals surface area contributed by atoms with Gasteiger partial charge in [-0.25, -0.2) is 0 Å². The van der Waals surface area contributed by atoms with E-state index in [1.807, 2.05) is 23.3 Å². The van der Waals surface area contributed by atoms with Crippen molar-refractivity contribution >= 4 is 17.2 Å². The number of thiophene rings is 1. The van der Waals surface area contributed by atoms with E-state index in [2.05, 4.69) is 42.4 Å². The summed E-state index contributed by atoms with van der Waals surface area (Å²) < 4.78 is 0. The van der Waals surface area contributed by atoms with Crippen molar-refractivity contribution in [2.75, 3.05) is 41.3 Å². The van der Waals surface area contributed by atoms with Gasteiger partial charge in [0.25, 0.3) is 0 Å². The second-order valence-corrected chi connectivity index (χ2v) is 7.20. The molecular formula is C15H25N3OS. The normalized spacial score (nSPS) is 19.6. The molecule has 1 aromatic heterocycles. The van der Waals surface area contributed by atoms with E-state index in [4.69, 9.17) is 0 Å². The Morgan fingerprint density at radius 2 is 2.10 bits per heavy atom. The molecule has 2 rings (SSSR count). The summed E-state index contributed by atoms with van der Waals surface area (Å²) in [5.41, 5.74) is 1.39. The van der Waals surface area contributed by atoms with E-state index in [-0.39, 0.29) is 5.91 Å². The quantitative estimate of drug-likeness (QED) is 0.799. The third-order valence-electron chi connectivity index (χ3n) is 3.62. The Balaban J connectivity index is 1.81. The summed E-state index contributed by atoms with van der Waals surface area (Å²) in [7, 11) is 8.23. The van der Waals surface area contributed by atoms with Crippen molar-refractivity contribution in [3.8, 4) is 0 Å². The molecule has 112 valence electrons.